The summed E-state index contributed by atoms with van der Waals surface area (Å²) in [5.41, 5.74) is 1.48. The van der Waals surface area contributed by atoms with Gasteiger partial charge in [0, 0.05) is 12.1 Å². The van der Waals surface area contributed by atoms with E-state index < -0.39 is 18.3 Å². The summed E-state index contributed by atoms with van der Waals surface area (Å²) in [4.78, 5) is 12.6. The van der Waals surface area contributed by atoms with Gasteiger partial charge >= 0.3 is 6.61 Å². The Labute approximate surface area is 159 Å². The second kappa shape index (κ2) is 8.39. The van der Waals surface area contributed by atoms with Gasteiger partial charge in [0.25, 0.3) is 5.91 Å². The zero-order valence-electron chi connectivity index (χ0n) is 15.3. The van der Waals surface area contributed by atoms with Gasteiger partial charge < -0.3 is 24.8 Å². The van der Waals surface area contributed by atoms with Crippen LogP contribution in [-0.4, -0.2) is 33.3 Å². The Morgan fingerprint density at radius 2 is 1.86 bits per heavy atom. The first-order valence-electron chi connectivity index (χ1n) is 8.47. The molecule has 28 heavy (non-hydrogen) atoms. The van der Waals surface area contributed by atoms with Crippen LogP contribution in [0.25, 0.3) is 0 Å². The van der Waals surface area contributed by atoms with Gasteiger partial charge in [0.1, 0.15) is 5.82 Å². The highest BCUT2D eigenvalue weighted by Gasteiger charge is 2.22. The Balaban J connectivity index is 1.91. The Kier molecular flexibility index (Phi) is 5.93. The molecule has 1 amide bonds. The Morgan fingerprint density at radius 1 is 1.18 bits per heavy atom. The maximum atomic E-state index is 14.7. The first-order valence-corrected chi connectivity index (χ1v) is 8.47. The Morgan fingerprint density at radius 3 is 2.46 bits per heavy atom. The van der Waals surface area contributed by atoms with Gasteiger partial charge in [0.15, 0.2) is 11.5 Å². The fourth-order valence-electron chi connectivity index (χ4n) is 3.04. The van der Waals surface area contributed by atoms with Crippen molar-refractivity contribution in [1.82, 2.24) is 5.32 Å². The molecule has 1 aliphatic heterocycles. The molecule has 0 fully saturated rings. The number of hydrogen-bond acceptors (Lipinski definition) is 5. The lowest BCUT2D eigenvalue weighted by atomic mass is 9.99. The number of anilines is 1. The molecule has 2 aromatic carbocycles. The molecule has 0 bridgehead atoms. The van der Waals surface area contributed by atoms with Gasteiger partial charge in [-0.05, 0) is 42.3 Å². The van der Waals surface area contributed by atoms with E-state index in [9.17, 15) is 18.0 Å². The molecule has 0 spiro atoms. The first kappa shape index (κ1) is 19.8. The number of alkyl halides is 2. The molecule has 6 nitrogen and oxygen atoms in total. The lowest BCUT2D eigenvalue weighted by Gasteiger charge is -2.19. The van der Waals surface area contributed by atoms with Crippen molar-refractivity contribution < 1.29 is 32.2 Å². The fourth-order valence-corrected chi connectivity index (χ4v) is 3.04. The van der Waals surface area contributed by atoms with E-state index >= 15 is 0 Å². The summed E-state index contributed by atoms with van der Waals surface area (Å²) in [5, 5.41) is 5.66. The molecule has 9 heteroatoms. The molecule has 0 radical (unpaired) electrons. The molecule has 0 saturated heterocycles. The number of amides is 1. The molecule has 150 valence electrons. The van der Waals surface area contributed by atoms with Crippen LogP contribution < -0.4 is 24.8 Å². The van der Waals surface area contributed by atoms with E-state index in [2.05, 4.69) is 15.4 Å². The van der Waals surface area contributed by atoms with E-state index in [1.54, 1.807) is 6.07 Å². The van der Waals surface area contributed by atoms with Crippen molar-refractivity contribution in [2.24, 2.45) is 0 Å². The predicted octanol–water partition coefficient (Wildman–Crippen LogP) is 3.34. The summed E-state index contributed by atoms with van der Waals surface area (Å²) in [6.45, 7) is -1.87. The SMILES string of the molecule is COc1cc(C(=O)Nc2ccc3c(c2F)CCNC3)cc(OC)c1OC(F)F. The van der Waals surface area contributed by atoms with Crippen LogP contribution >= 0.6 is 0 Å². The third kappa shape index (κ3) is 3.99. The van der Waals surface area contributed by atoms with Gasteiger partial charge in [-0.1, -0.05) is 6.07 Å². The molecule has 0 unspecified atom stereocenters. The molecular weight excluding hydrogens is 377 g/mol. The average Bonchev–Trinajstić information content (AvgIpc) is 2.69. The Bertz CT molecular complexity index is 865. The number of ether oxygens (including phenoxy) is 3. The van der Waals surface area contributed by atoms with Gasteiger partial charge in [-0.2, -0.15) is 8.78 Å². The number of nitrogens with one attached hydrogen (secondary N) is 2. The molecule has 2 aromatic rings. The van der Waals surface area contributed by atoms with Crippen molar-refractivity contribution in [2.45, 2.75) is 19.6 Å². The number of hydrogen-bond donors (Lipinski definition) is 2. The second-order valence-corrected chi connectivity index (χ2v) is 6.03. The van der Waals surface area contributed by atoms with Gasteiger partial charge in [-0.25, -0.2) is 4.39 Å². The topological polar surface area (TPSA) is 68.8 Å². The summed E-state index contributed by atoms with van der Waals surface area (Å²) in [6, 6.07) is 5.67. The summed E-state index contributed by atoms with van der Waals surface area (Å²) < 4.78 is 54.4. The Hall–Kier alpha value is -2.94. The van der Waals surface area contributed by atoms with Crippen molar-refractivity contribution in [3.8, 4) is 17.2 Å². The summed E-state index contributed by atoms with van der Waals surface area (Å²) in [5.74, 6) is -1.68. The lowest BCUT2D eigenvalue weighted by molar-refractivity contribution is -0.0526. The van der Waals surface area contributed by atoms with Crippen LogP contribution in [0, 0.1) is 5.82 Å². The zero-order valence-corrected chi connectivity index (χ0v) is 15.3. The highest BCUT2D eigenvalue weighted by molar-refractivity contribution is 6.05. The normalized spacial score (nSPS) is 13.1. The smallest absolute Gasteiger partial charge is 0.387 e. The summed E-state index contributed by atoms with van der Waals surface area (Å²) in [6.07, 6.45) is 0.520. The minimum atomic E-state index is -3.10. The molecule has 0 aromatic heterocycles. The molecule has 3 rings (SSSR count). The van der Waals surface area contributed by atoms with Crippen molar-refractivity contribution in [3.05, 3.63) is 46.8 Å². The number of carbonyl (C=O) groups is 1. The lowest BCUT2D eigenvalue weighted by Crippen LogP contribution is -2.25. The minimum Gasteiger partial charge on any atom is -0.493 e. The van der Waals surface area contributed by atoms with Crippen molar-refractivity contribution in [2.75, 3.05) is 26.1 Å². The van der Waals surface area contributed by atoms with Crippen LogP contribution in [0.1, 0.15) is 21.5 Å². The van der Waals surface area contributed by atoms with E-state index in [0.717, 1.165) is 5.56 Å². The van der Waals surface area contributed by atoms with Crippen LogP contribution in [-0.2, 0) is 13.0 Å². The number of benzene rings is 2. The van der Waals surface area contributed by atoms with Crippen molar-refractivity contribution in [1.29, 1.82) is 0 Å². The number of methoxy groups -OCH3 is 2. The molecule has 0 aliphatic carbocycles. The van der Waals surface area contributed by atoms with Crippen molar-refractivity contribution in [3.63, 3.8) is 0 Å². The van der Waals surface area contributed by atoms with E-state index in [-0.39, 0.29) is 28.5 Å². The van der Waals surface area contributed by atoms with E-state index in [1.165, 1.54) is 32.4 Å². The number of rotatable bonds is 6. The van der Waals surface area contributed by atoms with E-state index in [1.807, 2.05) is 0 Å². The highest BCUT2D eigenvalue weighted by Crippen LogP contribution is 2.39. The summed E-state index contributed by atoms with van der Waals surface area (Å²) in [7, 11) is 2.48. The quantitative estimate of drug-likeness (QED) is 0.784. The molecule has 1 aliphatic rings. The van der Waals surface area contributed by atoms with Crippen LogP contribution in [0.4, 0.5) is 18.9 Å². The van der Waals surface area contributed by atoms with Gasteiger partial charge in [0.05, 0.1) is 19.9 Å². The fraction of sp³-hybridized carbons (Fsp3) is 0.316. The molecule has 1 heterocycles. The average molecular weight is 396 g/mol. The van der Waals surface area contributed by atoms with Crippen LogP contribution in [0.15, 0.2) is 24.3 Å². The van der Waals surface area contributed by atoms with Gasteiger partial charge in [-0.3, -0.25) is 4.79 Å². The number of fused-ring (bicyclic) bond motifs is 1. The maximum absolute atomic E-state index is 14.7. The monoisotopic (exact) mass is 396 g/mol. The number of halogens is 3. The minimum absolute atomic E-state index is 0.0362. The van der Waals surface area contributed by atoms with E-state index in [0.29, 0.717) is 25.1 Å². The third-order valence-electron chi connectivity index (χ3n) is 4.39. The van der Waals surface area contributed by atoms with Crippen LogP contribution in [0.2, 0.25) is 0 Å². The summed E-state index contributed by atoms with van der Waals surface area (Å²) >= 11 is 0. The van der Waals surface area contributed by atoms with E-state index in [4.69, 9.17) is 9.47 Å². The molecular formula is C19H19F3N2O4. The molecule has 0 atom stereocenters. The van der Waals surface area contributed by atoms with Gasteiger partial charge in [0.2, 0.25) is 5.75 Å². The highest BCUT2D eigenvalue weighted by atomic mass is 19.3. The molecule has 2 N–H and O–H groups in total. The van der Waals surface area contributed by atoms with Gasteiger partial charge in [-0.15, -0.1) is 0 Å². The predicted molar refractivity (Wildman–Crippen MR) is 95.9 cm³/mol. The zero-order chi connectivity index (χ0) is 20.3. The maximum Gasteiger partial charge on any atom is 0.387 e. The van der Waals surface area contributed by atoms with Crippen LogP contribution in [0.3, 0.4) is 0 Å². The van der Waals surface area contributed by atoms with Crippen molar-refractivity contribution >= 4 is 11.6 Å². The third-order valence-corrected chi connectivity index (χ3v) is 4.39. The van der Waals surface area contributed by atoms with Crippen LogP contribution in [0.5, 0.6) is 17.2 Å². The first-order chi connectivity index (χ1) is 13.4. The number of carbonyl (C=O) groups excluding carboxylic acids is 1. The largest absolute Gasteiger partial charge is 0.493 e. The second-order valence-electron chi connectivity index (χ2n) is 6.03. The molecule has 0 saturated carbocycles. The standard InChI is InChI=1S/C19H19F3N2O4/c1-26-14-7-11(8-15(27-2)17(14)28-19(21)22)18(25)24-13-4-3-10-9-23-6-5-12(10)16(13)20/h3-4,7-8,19,23H,5-6,9H2,1-2H3,(H,24,25).